The number of nitrogens with one attached hydrogen (secondary N) is 1. The van der Waals surface area contributed by atoms with Crippen molar-refractivity contribution in [1.29, 1.82) is 0 Å². The van der Waals surface area contributed by atoms with Crippen LogP contribution in [0.3, 0.4) is 0 Å². The number of rotatable bonds is 8. The number of methoxy groups -OCH3 is 1. The summed E-state index contributed by atoms with van der Waals surface area (Å²) >= 11 is 1.50. The molecule has 0 atom stereocenters. The molecule has 6 nitrogen and oxygen atoms in total. The van der Waals surface area contributed by atoms with Gasteiger partial charge in [0.2, 0.25) is 5.91 Å². The average molecular weight is 412 g/mol. The molecule has 0 saturated heterocycles. The molecule has 1 N–H and O–H groups in total. The molecule has 0 fully saturated rings. The second kappa shape index (κ2) is 9.88. The first kappa shape index (κ1) is 20.6. The Hall–Kier alpha value is -3.13. The van der Waals surface area contributed by atoms with Gasteiger partial charge >= 0.3 is 0 Å². The summed E-state index contributed by atoms with van der Waals surface area (Å²) in [7, 11) is 1.62. The number of thioether (sulfide) groups is 1. The Balaban J connectivity index is 1.63. The zero-order valence-corrected chi connectivity index (χ0v) is 16.9. The van der Waals surface area contributed by atoms with Crippen molar-refractivity contribution in [3.8, 4) is 11.4 Å². The summed E-state index contributed by atoms with van der Waals surface area (Å²) in [6.07, 6.45) is 5.41. The molecule has 3 rings (SSSR count). The number of hydrogen-bond acceptors (Lipinski definition) is 5. The fraction of sp³-hybridized carbons (Fsp3) is 0.190. The van der Waals surface area contributed by atoms with Gasteiger partial charge in [0.15, 0.2) is 5.16 Å². The highest BCUT2D eigenvalue weighted by Crippen LogP contribution is 2.22. The van der Waals surface area contributed by atoms with E-state index in [1.807, 2.05) is 35.1 Å². The van der Waals surface area contributed by atoms with Crippen LogP contribution in [0.15, 0.2) is 59.8 Å². The maximum Gasteiger partial charge on any atom is 0.244 e. The lowest BCUT2D eigenvalue weighted by Crippen LogP contribution is -2.24. The summed E-state index contributed by atoms with van der Waals surface area (Å²) in [6.45, 7) is 0.398. The van der Waals surface area contributed by atoms with Crippen molar-refractivity contribution in [2.24, 2.45) is 0 Å². The third-order valence-electron chi connectivity index (χ3n) is 4.14. The highest BCUT2D eigenvalue weighted by Gasteiger charge is 2.13. The number of hydrogen-bond donors (Lipinski definition) is 1. The van der Waals surface area contributed by atoms with Gasteiger partial charge < -0.3 is 10.1 Å². The van der Waals surface area contributed by atoms with E-state index in [2.05, 4.69) is 15.5 Å². The standard InChI is InChI=1S/C21H21FN4O2S/c1-28-18-9-7-17(8-10-18)26-19(24-25-21(26)29-2)12-13-23-20(27)11-6-15-4-3-5-16(22)14-15/h3-11,14H,12-13H2,1-2H3,(H,23,27)/b11-6+. The van der Waals surface area contributed by atoms with Crippen molar-refractivity contribution >= 4 is 23.7 Å². The molecule has 150 valence electrons. The van der Waals surface area contributed by atoms with Crippen LogP contribution in [-0.2, 0) is 11.2 Å². The van der Waals surface area contributed by atoms with Gasteiger partial charge in [-0.15, -0.1) is 10.2 Å². The predicted octanol–water partition coefficient (Wildman–Crippen LogP) is 3.51. The van der Waals surface area contributed by atoms with Crippen molar-refractivity contribution in [2.75, 3.05) is 19.9 Å². The first-order chi connectivity index (χ1) is 14.1. The minimum Gasteiger partial charge on any atom is -0.497 e. The molecule has 2 aromatic carbocycles. The van der Waals surface area contributed by atoms with Gasteiger partial charge in [-0.1, -0.05) is 23.9 Å². The molecule has 8 heteroatoms. The molecule has 0 spiro atoms. The molecular formula is C21H21FN4O2S. The highest BCUT2D eigenvalue weighted by molar-refractivity contribution is 7.98. The van der Waals surface area contributed by atoms with Crippen LogP contribution in [0.5, 0.6) is 5.75 Å². The summed E-state index contributed by atoms with van der Waals surface area (Å²) in [6, 6.07) is 13.7. The third-order valence-corrected chi connectivity index (χ3v) is 4.77. The molecule has 1 aromatic heterocycles. The van der Waals surface area contributed by atoms with Gasteiger partial charge in [0, 0.05) is 24.7 Å². The van der Waals surface area contributed by atoms with E-state index in [-0.39, 0.29) is 11.7 Å². The Morgan fingerprint density at radius 3 is 2.72 bits per heavy atom. The number of carbonyl (C=O) groups is 1. The largest absolute Gasteiger partial charge is 0.497 e. The lowest BCUT2D eigenvalue weighted by atomic mass is 10.2. The zero-order chi connectivity index (χ0) is 20.6. The SMILES string of the molecule is COc1ccc(-n2c(CCNC(=O)/C=C/c3cccc(F)c3)nnc2SC)cc1. The number of amides is 1. The Bertz CT molecular complexity index is 1000. The van der Waals surface area contributed by atoms with Crippen LogP contribution >= 0.6 is 11.8 Å². The van der Waals surface area contributed by atoms with E-state index in [4.69, 9.17) is 4.74 Å². The van der Waals surface area contributed by atoms with Crippen LogP contribution < -0.4 is 10.1 Å². The second-order valence-corrected chi connectivity index (χ2v) is 6.84. The Labute approximate surface area is 172 Å². The van der Waals surface area contributed by atoms with Gasteiger partial charge in [-0.2, -0.15) is 0 Å². The van der Waals surface area contributed by atoms with E-state index in [9.17, 15) is 9.18 Å². The van der Waals surface area contributed by atoms with Gasteiger partial charge in [-0.25, -0.2) is 4.39 Å². The molecule has 29 heavy (non-hydrogen) atoms. The van der Waals surface area contributed by atoms with E-state index >= 15 is 0 Å². The van der Waals surface area contributed by atoms with Crippen LogP contribution in [0, 0.1) is 5.82 Å². The van der Waals surface area contributed by atoms with E-state index in [0.29, 0.717) is 18.5 Å². The summed E-state index contributed by atoms with van der Waals surface area (Å²) in [4.78, 5) is 12.0. The number of nitrogens with zero attached hydrogens (tertiary/aromatic N) is 3. The smallest absolute Gasteiger partial charge is 0.244 e. The van der Waals surface area contributed by atoms with Crippen molar-refractivity contribution in [3.05, 3.63) is 71.8 Å². The van der Waals surface area contributed by atoms with Crippen LogP contribution in [0.2, 0.25) is 0 Å². The molecule has 1 heterocycles. The van der Waals surface area contributed by atoms with E-state index in [1.165, 1.54) is 30.0 Å². The fourth-order valence-electron chi connectivity index (χ4n) is 2.72. The van der Waals surface area contributed by atoms with Crippen molar-refractivity contribution in [1.82, 2.24) is 20.1 Å². The van der Waals surface area contributed by atoms with Crippen molar-refractivity contribution in [3.63, 3.8) is 0 Å². The van der Waals surface area contributed by atoms with Crippen molar-refractivity contribution < 1.29 is 13.9 Å². The van der Waals surface area contributed by atoms with E-state index in [0.717, 1.165) is 22.4 Å². The monoisotopic (exact) mass is 412 g/mol. The second-order valence-electron chi connectivity index (χ2n) is 6.07. The zero-order valence-electron chi connectivity index (χ0n) is 16.1. The Morgan fingerprint density at radius 1 is 1.24 bits per heavy atom. The average Bonchev–Trinajstić information content (AvgIpc) is 3.15. The topological polar surface area (TPSA) is 69.0 Å². The third kappa shape index (κ3) is 5.45. The van der Waals surface area contributed by atoms with Gasteiger partial charge in [0.1, 0.15) is 17.4 Å². The number of halogens is 1. The van der Waals surface area contributed by atoms with E-state index < -0.39 is 0 Å². The van der Waals surface area contributed by atoms with Gasteiger partial charge in [0.25, 0.3) is 0 Å². The number of aromatic nitrogens is 3. The molecule has 3 aromatic rings. The summed E-state index contributed by atoms with van der Waals surface area (Å²) in [5.74, 6) is 0.922. The Kier molecular flexibility index (Phi) is 7.02. The predicted molar refractivity (Wildman–Crippen MR) is 112 cm³/mol. The molecule has 0 unspecified atom stereocenters. The first-order valence-electron chi connectivity index (χ1n) is 8.95. The van der Waals surface area contributed by atoms with Crippen LogP contribution in [0.1, 0.15) is 11.4 Å². The minimum atomic E-state index is -0.338. The fourth-order valence-corrected chi connectivity index (χ4v) is 3.24. The van der Waals surface area contributed by atoms with Crippen LogP contribution in [0.4, 0.5) is 4.39 Å². The number of carbonyl (C=O) groups excluding carboxylic acids is 1. The summed E-state index contributed by atoms with van der Waals surface area (Å²) < 4.78 is 20.3. The number of benzene rings is 2. The molecular weight excluding hydrogens is 391 g/mol. The van der Waals surface area contributed by atoms with Gasteiger partial charge in [0.05, 0.1) is 7.11 Å². The molecule has 0 saturated carbocycles. The normalized spacial score (nSPS) is 11.0. The quantitative estimate of drug-likeness (QED) is 0.453. The molecule has 0 aliphatic rings. The molecule has 0 aliphatic heterocycles. The molecule has 0 radical (unpaired) electrons. The summed E-state index contributed by atoms with van der Waals surface area (Å²) in [5.41, 5.74) is 1.55. The first-order valence-corrected chi connectivity index (χ1v) is 10.2. The molecule has 0 bridgehead atoms. The van der Waals surface area contributed by atoms with Gasteiger partial charge in [-0.3, -0.25) is 9.36 Å². The summed E-state index contributed by atoms with van der Waals surface area (Å²) in [5, 5.41) is 12.1. The maximum absolute atomic E-state index is 13.2. The van der Waals surface area contributed by atoms with Crippen molar-refractivity contribution in [2.45, 2.75) is 11.6 Å². The molecule has 1 amide bonds. The lowest BCUT2D eigenvalue weighted by molar-refractivity contribution is -0.116. The number of ether oxygens (including phenoxy) is 1. The van der Waals surface area contributed by atoms with Gasteiger partial charge in [-0.05, 0) is 54.3 Å². The molecule has 0 aliphatic carbocycles. The van der Waals surface area contributed by atoms with Crippen LogP contribution in [-0.4, -0.2) is 40.6 Å². The van der Waals surface area contributed by atoms with Crippen LogP contribution in [0.25, 0.3) is 11.8 Å². The highest BCUT2D eigenvalue weighted by atomic mass is 32.2. The lowest BCUT2D eigenvalue weighted by Gasteiger charge is -2.10. The van der Waals surface area contributed by atoms with E-state index in [1.54, 1.807) is 25.3 Å². The Morgan fingerprint density at radius 2 is 2.03 bits per heavy atom. The maximum atomic E-state index is 13.2. The minimum absolute atomic E-state index is 0.255.